The number of benzene rings is 1. The normalized spacial score (nSPS) is 28.1. The molecule has 1 aromatic rings. The topological polar surface area (TPSA) is 125 Å². The number of ether oxygens (including phenoxy) is 2. The molecule has 10 heteroatoms. The summed E-state index contributed by atoms with van der Waals surface area (Å²) in [5.41, 5.74) is -0.503. The van der Waals surface area contributed by atoms with E-state index in [0.717, 1.165) is 32.1 Å². The molecular formula is C39H55N3O7. The fourth-order valence-corrected chi connectivity index (χ4v) is 8.90. The molecule has 0 aromatic heterocycles. The highest BCUT2D eigenvalue weighted by atomic mass is 16.6. The number of likely N-dealkylation sites (tertiary alicyclic amines) is 1. The van der Waals surface area contributed by atoms with Crippen LogP contribution in [0.5, 0.6) is 0 Å². The van der Waals surface area contributed by atoms with Crippen molar-refractivity contribution in [3.63, 3.8) is 0 Å². The number of esters is 1. The van der Waals surface area contributed by atoms with Gasteiger partial charge >= 0.3 is 5.97 Å². The molecule has 0 radical (unpaired) electrons. The number of carbonyl (C=O) groups excluding carboxylic acids is 4. The Morgan fingerprint density at radius 2 is 1.82 bits per heavy atom. The van der Waals surface area contributed by atoms with Crippen LogP contribution in [0.15, 0.2) is 55.6 Å². The standard InChI is InChI=1S/C39H55N3O7/c1-6-8-19-31(44)40-26(5)34(27-15-11-9-12-16-27)48-38(47)32-30-20-21-39(49-30)33(32)36(45)42(29(24-43)23-25(3)4)35(39)37(46)41(22-7-2)28-17-13-10-14-18-28/h6-7,9,11-12,15-16,25-26,28-30,32-35,43H,1-2,8,10,13-14,17-24H2,3-5H3,(H,40,44)/t26-,29-,30+,32-,33-,34-,35+,39-/m1/s1. The molecule has 8 atom stereocenters. The third-order valence-corrected chi connectivity index (χ3v) is 11.0. The molecule has 49 heavy (non-hydrogen) atoms. The first-order chi connectivity index (χ1) is 23.6. The number of carbonyl (C=O) groups is 4. The van der Waals surface area contributed by atoms with Gasteiger partial charge in [-0.05, 0) is 56.9 Å². The predicted molar refractivity (Wildman–Crippen MR) is 186 cm³/mol. The molecule has 2 N–H and O–H groups in total. The average molecular weight is 678 g/mol. The molecule has 3 heterocycles. The van der Waals surface area contributed by atoms with Gasteiger partial charge in [0.05, 0.1) is 36.6 Å². The molecule has 3 saturated heterocycles. The van der Waals surface area contributed by atoms with Crippen molar-refractivity contribution in [3.05, 3.63) is 61.2 Å². The van der Waals surface area contributed by atoms with Crippen LogP contribution in [0, 0.1) is 17.8 Å². The Hall–Kier alpha value is -3.50. The molecule has 4 fully saturated rings. The summed E-state index contributed by atoms with van der Waals surface area (Å²) >= 11 is 0. The van der Waals surface area contributed by atoms with Crippen LogP contribution in [0.1, 0.15) is 96.6 Å². The fraction of sp³-hybridized carbons (Fsp3) is 0.641. The number of hydrogen-bond donors (Lipinski definition) is 2. The summed E-state index contributed by atoms with van der Waals surface area (Å²) < 4.78 is 13.0. The van der Waals surface area contributed by atoms with Crippen molar-refractivity contribution in [2.45, 2.75) is 127 Å². The molecule has 268 valence electrons. The molecule has 3 aliphatic heterocycles. The molecule has 3 amide bonds. The Bertz CT molecular complexity index is 1360. The fourth-order valence-electron chi connectivity index (χ4n) is 8.90. The molecule has 0 unspecified atom stereocenters. The lowest BCUT2D eigenvalue weighted by atomic mass is 9.70. The van der Waals surface area contributed by atoms with Crippen LogP contribution in [0.2, 0.25) is 0 Å². The first-order valence-corrected chi connectivity index (χ1v) is 18.3. The highest BCUT2D eigenvalue weighted by Crippen LogP contribution is 2.59. The number of fused-ring (bicyclic) bond motifs is 1. The van der Waals surface area contributed by atoms with E-state index < -0.39 is 53.7 Å². The average Bonchev–Trinajstić information content (AvgIpc) is 3.75. The molecule has 2 bridgehead atoms. The molecule has 5 rings (SSSR count). The maximum Gasteiger partial charge on any atom is 0.313 e. The van der Waals surface area contributed by atoms with Crippen LogP contribution in [0.4, 0.5) is 0 Å². The highest BCUT2D eigenvalue weighted by Gasteiger charge is 2.76. The minimum absolute atomic E-state index is 0.0264. The Morgan fingerprint density at radius 1 is 1.10 bits per heavy atom. The maximum atomic E-state index is 14.9. The van der Waals surface area contributed by atoms with Crippen molar-refractivity contribution in [3.8, 4) is 0 Å². The summed E-state index contributed by atoms with van der Waals surface area (Å²) in [6.07, 6.45) is 9.19. The van der Waals surface area contributed by atoms with E-state index in [1.165, 1.54) is 0 Å². The lowest BCUT2D eigenvalue weighted by molar-refractivity contribution is -0.163. The van der Waals surface area contributed by atoms with Gasteiger partial charge in [0.15, 0.2) is 0 Å². The molecule has 4 aliphatic rings. The van der Waals surface area contributed by atoms with Crippen molar-refractivity contribution < 1.29 is 33.8 Å². The zero-order chi connectivity index (χ0) is 35.3. The number of nitrogens with one attached hydrogen (secondary N) is 1. The van der Waals surface area contributed by atoms with Gasteiger partial charge < -0.3 is 29.7 Å². The summed E-state index contributed by atoms with van der Waals surface area (Å²) in [5.74, 6) is -3.02. The molecular weight excluding hydrogens is 622 g/mol. The minimum atomic E-state index is -1.21. The number of hydrogen-bond acceptors (Lipinski definition) is 7. The van der Waals surface area contributed by atoms with Crippen LogP contribution in [-0.2, 0) is 28.7 Å². The largest absolute Gasteiger partial charge is 0.455 e. The van der Waals surface area contributed by atoms with Gasteiger partial charge in [0, 0.05) is 19.0 Å². The highest BCUT2D eigenvalue weighted by molar-refractivity contribution is 5.98. The van der Waals surface area contributed by atoms with E-state index in [1.807, 2.05) is 49.1 Å². The van der Waals surface area contributed by atoms with Crippen LogP contribution in [0.3, 0.4) is 0 Å². The van der Waals surface area contributed by atoms with E-state index in [4.69, 9.17) is 9.47 Å². The third-order valence-electron chi connectivity index (χ3n) is 11.0. The van der Waals surface area contributed by atoms with Crippen molar-refractivity contribution in [2.24, 2.45) is 17.8 Å². The van der Waals surface area contributed by atoms with Gasteiger partial charge in [-0.25, -0.2) is 0 Å². The van der Waals surface area contributed by atoms with Crippen molar-refractivity contribution >= 4 is 23.7 Å². The number of aliphatic hydroxyl groups is 1. The van der Waals surface area contributed by atoms with Crippen LogP contribution in [0.25, 0.3) is 0 Å². The Kier molecular flexibility index (Phi) is 12.0. The molecule has 1 saturated carbocycles. The van der Waals surface area contributed by atoms with Gasteiger partial charge in [-0.2, -0.15) is 0 Å². The summed E-state index contributed by atoms with van der Waals surface area (Å²) in [6.45, 7) is 13.5. The second-order valence-electron chi connectivity index (χ2n) is 14.8. The van der Waals surface area contributed by atoms with Gasteiger partial charge in [0.1, 0.15) is 17.7 Å². The SMILES string of the molecule is C=CCCC(=O)N[C@H](C)[C@@H](OC(=O)[C@@H]1[C@@H]2CC[C@]3(O2)[C@H](C(=O)N(CC=C)C2CCCCC2)N([C@@H](CO)CC(C)C)C(=O)[C@@H]13)c1ccccc1. The molecule has 1 aliphatic carbocycles. The smallest absolute Gasteiger partial charge is 0.313 e. The number of rotatable bonds is 16. The number of aliphatic hydroxyl groups excluding tert-OH is 1. The summed E-state index contributed by atoms with van der Waals surface area (Å²) in [5, 5.41) is 13.6. The van der Waals surface area contributed by atoms with E-state index in [2.05, 4.69) is 18.5 Å². The number of allylic oxidation sites excluding steroid dienone is 1. The van der Waals surface area contributed by atoms with Gasteiger partial charge in [0.2, 0.25) is 17.7 Å². The lowest BCUT2D eigenvalue weighted by Gasteiger charge is -2.42. The van der Waals surface area contributed by atoms with Crippen LogP contribution < -0.4 is 5.32 Å². The van der Waals surface area contributed by atoms with E-state index in [-0.39, 0.29) is 42.7 Å². The maximum absolute atomic E-state index is 14.9. The monoisotopic (exact) mass is 677 g/mol. The summed E-state index contributed by atoms with van der Waals surface area (Å²) in [7, 11) is 0. The minimum Gasteiger partial charge on any atom is -0.455 e. The van der Waals surface area contributed by atoms with E-state index in [9.17, 15) is 24.3 Å². The quantitative estimate of drug-likeness (QED) is 0.189. The second kappa shape index (κ2) is 16.0. The Labute approximate surface area is 291 Å². The van der Waals surface area contributed by atoms with E-state index >= 15 is 0 Å². The third kappa shape index (κ3) is 7.36. The van der Waals surface area contributed by atoms with Gasteiger partial charge in [-0.3, -0.25) is 19.2 Å². The number of nitrogens with zero attached hydrogens (tertiary/aromatic N) is 2. The second-order valence-corrected chi connectivity index (χ2v) is 14.8. The zero-order valence-corrected chi connectivity index (χ0v) is 29.4. The molecule has 1 aromatic carbocycles. The van der Waals surface area contributed by atoms with Gasteiger partial charge in [-0.1, -0.05) is 75.6 Å². The predicted octanol–water partition coefficient (Wildman–Crippen LogP) is 4.87. The van der Waals surface area contributed by atoms with Crippen molar-refractivity contribution in [2.75, 3.05) is 13.2 Å². The number of amides is 3. The van der Waals surface area contributed by atoms with Crippen molar-refractivity contribution in [1.82, 2.24) is 15.1 Å². The van der Waals surface area contributed by atoms with E-state index in [1.54, 1.807) is 24.0 Å². The van der Waals surface area contributed by atoms with Crippen molar-refractivity contribution in [1.29, 1.82) is 0 Å². The van der Waals surface area contributed by atoms with Gasteiger partial charge in [-0.15, -0.1) is 13.2 Å². The zero-order valence-electron chi connectivity index (χ0n) is 29.4. The summed E-state index contributed by atoms with van der Waals surface area (Å²) in [4.78, 5) is 60.1. The Morgan fingerprint density at radius 3 is 2.45 bits per heavy atom. The molecule has 1 spiro atoms. The first-order valence-electron chi connectivity index (χ1n) is 18.3. The van der Waals surface area contributed by atoms with Crippen LogP contribution >= 0.6 is 0 Å². The first kappa shape index (κ1) is 36.8. The van der Waals surface area contributed by atoms with Gasteiger partial charge in [0.25, 0.3) is 0 Å². The summed E-state index contributed by atoms with van der Waals surface area (Å²) in [6, 6.07) is 7.13. The molecule has 10 nitrogen and oxygen atoms in total. The Balaban J connectivity index is 1.49. The lowest BCUT2D eigenvalue weighted by Crippen LogP contribution is -2.60. The van der Waals surface area contributed by atoms with Crippen LogP contribution in [-0.4, -0.2) is 87.6 Å². The van der Waals surface area contributed by atoms with E-state index in [0.29, 0.717) is 37.8 Å².